The molecule has 1 unspecified atom stereocenters. The minimum Gasteiger partial charge on any atom is -0.376 e. The van der Waals surface area contributed by atoms with Gasteiger partial charge in [0, 0.05) is 13.1 Å². The van der Waals surface area contributed by atoms with Gasteiger partial charge in [-0.1, -0.05) is 29.8 Å². The second-order valence-corrected chi connectivity index (χ2v) is 4.95. The van der Waals surface area contributed by atoms with Crippen LogP contribution in [0.15, 0.2) is 24.3 Å². The van der Waals surface area contributed by atoms with Crippen LogP contribution < -0.4 is 5.32 Å². The van der Waals surface area contributed by atoms with Crippen LogP contribution in [0.5, 0.6) is 0 Å². The lowest BCUT2D eigenvalue weighted by Gasteiger charge is -2.16. The fraction of sp³-hybridized carbons (Fsp3) is 0.400. The Labute approximate surface area is 109 Å². The molecular weight excluding hydrogens is 222 g/mol. The first kappa shape index (κ1) is 12.7. The zero-order chi connectivity index (χ0) is 13.3. The zero-order valence-electron chi connectivity index (χ0n) is 11.8. The molecule has 1 heterocycles. The summed E-state index contributed by atoms with van der Waals surface area (Å²) in [5, 5.41) is 7.98. The van der Waals surface area contributed by atoms with Crippen molar-refractivity contribution >= 4 is 5.69 Å². The lowest BCUT2D eigenvalue weighted by Crippen LogP contribution is -2.08. The number of anilines is 1. The molecular formula is C15H21N3. The van der Waals surface area contributed by atoms with Gasteiger partial charge in [0.15, 0.2) is 0 Å². The van der Waals surface area contributed by atoms with Crippen molar-refractivity contribution in [3.8, 4) is 0 Å². The first-order valence-corrected chi connectivity index (χ1v) is 6.32. The van der Waals surface area contributed by atoms with Crippen molar-refractivity contribution in [2.45, 2.75) is 33.7 Å². The van der Waals surface area contributed by atoms with Gasteiger partial charge in [-0.15, -0.1) is 0 Å². The Hall–Kier alpha value is -1.77. The fourth-order valence-electron chi connectivity index (χ4n) is 2.14. The van der Waals surface area contributed by atoms with Crippen molar-refractivity contribution in [1.82, 2.24) is 9.78 Å². The van der Waals surface area contributed by atoms with Crippen LogP contribution in [0.3, 0.4) is 0 Å². The molecule has 0 aliphatic carbocycles. The van der Waals surface area contributed by atoms with Gasteiger partial charge in [-0.05, 0) is 33.3 Å². The Bertz CT molecular complexity index is 538. The van der Waals surface area contributed by atoms with Crippen molar-refractivity contribution in [2.75, 3.05) is 5.32 Å². The molecule has 0 aliphatic heterocycles. The number of hydrogen-bond acceptors (Lipinski definition) is 2. The quantitative estimate of drug-likeness (QED) is 0.894. The molecule has 1 aromatic carbocycles. The third-order valence-corrected chi connectivity index (χ3v) is 3.45. The molecule has 0 saturated carbocycles. The standard InChI is InChI=1S/C15H21N3/c1-10-6-8-14(9-7-10)11(2)16-15-12(3)17-18(5)13(15)4/h6-9,11,16H,1-5H3. The Balaban J connectivity index is 2.21. The smallest absolute Gasteiger partial charge is 0.0828 e. The van der Waals surface area contributed by atoms with E-state index in [2.05, 4.69) is 55.5 Å². The first-order valence-electron chi connectivity index (χ1n) is 6.32. The molecule has 0 saturated heterocycles. The summed E-state index contributed by atoms with van der Waals surface area (Å²) in [6.07, 6.45) is 0. The van der Waals surface area contributed by atoms with E-state index >= 15 is 0 Å². The lowest BCUT2D eigenvalue weighted by molar-refractivity contribution is 0.731. The molecule has 0 bridgehead atoms. The molecule has 0 spiro atoms. The van der Waals surface area contributed by atoms with E-state index in [4.69, 9.17) is 0 Å². The van der Waals surface area contributed by atoms with Gasteiger partial charge in [-0.25, -0.2) is 0 Å². The summed E-state index contributed by atoms with van der Waals surface area (Å²) in [5.74, 6) is 0. The topological polar surface area (TPSA) is 29.9 Å². The summed E-state index contributed by atoms with van der Waals surface area (Å²) < 4.78 is 1.92. The second-order valence-electron chi connectivity index (χ2n) is 4.95. The minimum absolute atomic E-state index is 0.284. The maximum absolute atomic E-state index is 4.43. The Kier molecular flexibility index (Phi) is 3.41. The van der Waals surface area contributed by atoms with Gasteiger partial charge >= 0.3 is 0 Å². The van der Waals surface area contributed by atoms with E-state index in [1.807, 2.05) is 18.7 Å². The van der Waals surface area contributed by atoms with Gasteiger partial charge in [-0.2, -0.15) is 5.10 Å². The summed E-state index contributed by atoms with van der Waals surface area (Å²) in [5.41, 5.74) is 5.95. The first-order chi connectivity index (χ1) is 8.49. The highest BCUT2D eigenvalue weighted by Crippen LogP contribution is 2.24. The van der Waals surface area contributed by atoms with Gasteiger partial charge in [0.05, 0.1) is 17.1 Å². The Morgan fingerprint density at radius 1 is 1.11 bits per heavy atom. The molecule has 18 heavy (non-hydrogen) atoms. The predicted octanol–water partition coefficient (Wildman–Crippen LogP) is 3.52. The van der Waals surface area contributed by atoms with Crippen molar-refractivity contribution in [3.63, 3.8) is 0 Å². The van der Waals surface area contributed by atoms with Gasteiger partial charge in [0.25, 0.3) is 0 Å². The van der Waals surface area contributed by atoms with Crippen LogP contribution in [-0.2, 0) is 7.05 Å². The highest BCUT2D eigenvalue weighted by Gasteiger charge is 2.12. The third kappa shape index (κ3) is 2.40. The van der Waals surface area contributed by atoms with E-state index in [1.54, 1.807) is 0 Å². The Morgan fingerprint density at radius 2 is 1.72 bits per heavy atom. The SMILES string of the molecule is Cc1ccc(C(C)Nc2c(C)nn(C)c2C)cc1. The molecule has 2 rings (SSSR count). The lowest BCUT2D eigenvalue weighted by atomic mass is 10.1. The second kappa shape index (κ2) is 4.84. The van der Waals surface area contributed by atoms with Crippen LogP contribution in [0.25, 0.3) is 0 Å². The maximum atomic E-state index is 4.43. The van der Waals surface area contributed by atoms with Crippen LogP contribution in [-0.4, -0.2) is 9.78 Å². The zero-order valence-corrected chi connectivity index (χ0v) is 11.8. The average Bonchev–Trinajstić information content (AvgIpc) is 2.57. The molecule has 0 radical (unpaired) electrons. The number of benzene rings is 1. The maximum Gasteiger partial charge on any atom is 0.0828 e. The number of hydrogen-bond donors (Lipinski definition) is 1. The van der Waals surface area contributed by atoms with E-state index in [0.29, 0.717) is 0 Å². The number of nitrogens with zero attached hydrogens (tertiary/aromatic N) is 2. The monoisotopic (exact) mass is 243 g/mol. The largest absolute Gasteiger partial charge is 0.376 e. The van der Waals surface area contributed by atoms with E-state index in [9.17, 15) is 0 Å². The molecule has 1 atom stereocenters. The highest BCUT2D eigenvalue weighted by molar-refractivity contribution is 5.53. The van der Waals surface area contributed by atoms with Gasteiger partial charge in [0.2, 0.25) is 0 Å². The number of aryl methyl sites for hydroxylation is 3. The third-order valence-electron chi connectivity index (χ3n) is 3.45. The molecule has 3 heteroatoms. The van der Waals surface area contributed by atoms with Crippen LogP contribution in [0.2, 0.25) is 0 Å². The molecule has 3 nitrogen and oxygen atoms in total. The number of rotatable bonds is 3. The number of nitrogens with one attached hydrogen (secondary N) is 1. The van der Waals surface area contributed by atoms with Crippen LogP contribution >= 0.6 is 0 Å². The fourth-order valence-corrected chi connectivity index (χ4v) is 2.14. The molecule has 0 fully saturated rings. The minimum atomic E-state index is 0.284. The van der Waals surface area contributed by atoms with E-state index in [0.717, 1.165) is 11.4 Å². The van der Waals surface area contributed by atoms with Gasteiger partial charge in [-0.3, -0.25) is 4.68 Å². The van der Waals surface area contributed by atoms with Crippen molar-refractivity contribution in [1.29, 1.82) is 0 Å². The van der Waals surface area contributed by atoms with Crippen LogP contribution in [0, 0.1) is 20.8 Å². The average molecular weight is 243 g/mol. The normalized spacial score (nSPS) is 12.5. The van der Waals surface area contributed by atoms with Crippen LogP contribution in [0.4, 0.5) is 5.69 Å². The summed E-state index contributed by atoms with van der Waals surface area (Å²) in [6.45, 7) is 8.41. The highest BCUT2D eigenvalue weighted by atomic mass is 15.3. The molecule has 1 aromatic heterocycles. The number of aromatic nitrogens is 2. The molecule has 0 amide bonds. The molecule has 0 aliphatic rings. The summed E-state index contributed by atoms with van der Waals surface area (Å²) in [6, 6.07) is 8.93. The van der Waals surface area contributed by atoms with E-state index in [1.165, 1.54) is 16.8 Å². The van der Waals surface area contributed by atoms with Crippen molar-refractivity contribution in [3.05, 3.63) is 46.8 Å². The van der Waals surface area contributed by atoms with Crippen molar-refractivity contribution < 1.29 is 0 Å². The van der Waals surface area contributed by atoms with E-state index < -0.39 is 0 Å². The molecule has 1 N–H and O–H groups in total. The van der Waals surface area contributed by atoms with Crippen molar-refractivity contribution in [2.24, 2.45) is 7.05 Å². The molecule has 2 aromatic rings. The predicted molar refractivity (Wildman–Crippen MR) is 75.9 cm³/mol. The van der Waals surface area contributed by atoms with E-state index in [-0.39, 0.29) is 6.04 Å². The van der Waals surface area contributed by atoms with Crippen LogP contribution in [0.1, 0.15) is 35.5 Å². The van der Waals surface area contributed by atoms with Gasteiger partial charge < -0.3 is 5.32 Å². The van der Waals surface area contributed by atoms with Gasteiger partial charge in [0.1, 0.15) is 0 Å². The summed E-state index contributed by atoms with van der Waals surface area (Å²) in [7, 11) is 1.98. The Morgan fingerprint density at radius 3 is 2.22 bits per heavy atom. The molecule has 96 valence electrons. The summed E-state index contributed by atoms with van der Waals surface area (Å²) in [4.78, 5) is 0. The summed E-state index contributed by atoms with van der Waals surface area (Å²) >= 11 is 0.